The van der Waals surface area contributed by atoms with E-state index >= 15 is 0 Å². The molecule has 0 radical (unpaired) electrons. The molecule has 0 saturated carbocycles. The average Bonchev–Trinajstić information content (AvgIpc) is 2.29. The first-order valence-corrected chi connectivity index (χ1v) is 6.04. The molecular formula is C12H15F2N3OS. The second-order valence-electron chi connectivity index (χ2n) is 4.23. The van der Waals surface area contributed by atoms with Crippen LogP contribution in [0.5, 0.6) is 0 Å². The molecule has 0 spiro atoms. The van der Waals surface area contributed by atoms with Gasteiger partial charge in [0.05, 0.1) is 12.2 Å². The molecule has 4 N–H and O–H groups in total. The number of thiocarbonyl (C=S) groups is 1. The molecule has 1 aromatic rings. The Balaban J connectivity index is 2.78. The molecule has 0 aromatic heterocycles. The molecular weight excluding hydrogens is 272 g/mol. The maximum Gasteiger partial charge on any atom is 0.239 e. The molecule has 19 heavy (non-hydrogen) atoms. The number of hydrogen-bond acceptors (Lipinski definition) is 3. The molecule has 0 fully saturated rings. The van der Waals surface area contributed by atoms with Crippen LogP contribution in [0.4, 0.5) is 14.5 Å². The number of rotatable bonds is 5. The van der Waals surface area contributed by atoms with E-state index in [2.05, 4.69) is 22.9 Å². The van der Waals surface area contributed by atoms with Gasteiger partial charge in [-0.2, -0.15) is 0 Å². The average molecular weight is 287 g/mol. The monoisotopic (exact) mass is 287 g/mol. The van der Waals surface area contributed by atoms with Gasteiger partial charge in [-0.1, -0.05) is 12.2 Å². The van der Waals surface area contributed by atoms with E-state index in [0.717, 1.165) is 0 Å². The van der Waals surface area contributed by atoms with Gasteiger partial charge in [0, 0.05) is 11.6 Å². The van der Waals surface area contributed by atoms with Gasteiger partial charge in [0.15, 0.2) is 11.6 Å². The molecule has 1 amide bonds. The highest BCUT2D eigenvalue weighted by Gasteiger charge is 2.15. The first-order chi connectivity index (χ1) is 8.82. The van der Waals surface area contributed by atoms with Crippen molar-refractivity contribution in [3.8, 4) is 0 Å². The third-order valence-electron chi connectivity index (χ3n) is 2.24. The van der Waals surface area contributed by atoms with Crippen LogP contribution in [0.15, 0.2) is 12.1 Å². The highest BCUT2D eigenvalue weighted by Crippen LogP contribution is 2.20. The van der Waals surface area contributed by atoms with E-state index < -0.39 is 11.6 Å². The minimum absolute atomic E-state index is 0.0205. The lowest BCUT2D eigenvalue weighted by atomic mass is 10.2. The molecule has 0 heterocycles. The topological polar surface area (TPSA) is 67.2 Å². The molecule has 0 atom stereocenters. The summed E-state index contributed by atoms with van der Waals surface area (Å²) in [5, 5.41) is 5.13. The minimum Gasteiger partial charge on any atom is -0.389 e. The quantitative estimate of drug-likeness (QED) is 0.719. The molecule has 1 aromatic carbocycles. The van der Waals surface area contributed by atoms with Gasteiger partial charge in [-0.3, -0.25) is 4.79 Å². The smallest absolute Gasteiger partial charge is 0.239 e. The normalized spacial score (nSPS) is 10.4. The Labute approximate surface area is 115 Å². The van der Waals surface area contributed by atoms with Crippen LogP contribution in [0, 0.1) is 11.6 Å². The minimum atomic E-state index is -1.12. The zero-order valence-corrected chi connectivity index (χ0v) is 11.4. The number of benzene rings is 1. The van der Waals surface area contributed by atoms with Gasteiger partial charge in [0.1, 0.15) is 4.99 Å². The summed E-state index contributed by atoms with van der Waals surface area (Å²) in [4.78, 5) is 11.1. The van der Waals surface area contributed by atoms with Crippen molar-refractivity contribution in [2.24, 2.45) is 5.73 Å². The largest absolute Gasteiger partial charge is 0.389 e. The van der Waals surface area contributed by atoms with Crippen LogP contribution >= 0.6 is 12.2 Å². The Hall–Kier alpha value is -1.76. The maximum atomic E-state index is 13.7. The maximum absolute atomic E-state index is 13.7. The van der Waals surface area contributed by atoms with E-state index in [4.69, 9.17) is 5.73 Å². The number of amides is 1. The number of hydrogen-bond donors (Lipinski definition) is 3. The highest BCUT2D eigenvalue weighted by atomic mass is 32.1. The van der Waals surface area contributed by atoms with Crippen molar-refractivity contribution in [2.75, 3.05) is 11.9 Å². The second-order valence-corrected chi connectivity index (χ2v) is 4.67. The summed E-state index contributed by atoms with van der Waals surface area (Å²) < 4.78 is 27.2. The van der Waals surface area contributed by atoms with E-state index in [1.54, 1.807) is 13.8 Å². The van der Waals surface area contributed by atoms with Crippen LogP contribution < -0.4 is 16.4 Å². The fraction of sp³-hybridized carbons (Fsp3) is 0.333. The molecule has 104 valence electrons. The van der Waals surface area contributed by atoms with Crippen LogP contribution in [0.1, 0.15) is 19.4 Å². The van der Waals surface area contributed by atoms with Crippen molar-refractivity contribution in [1.29, 1.82) is 0 Å². The number of carbonyl (C=O) groups is 1. The highest BCUT2D eigenvalue weighted by molar-refractivity contribution is 7.80. The molecule has 0 aliphatic carbocycles. The van der Waals surface area contributed by atoms with E-state index in [0.29, 0.717) is 0 Å². The van der Waals surface area contributed by atoms with Crippen molar-refractivity contribution in [2.45, 2.75) is 19.9 Å². The fourth-order valence-corrected chi connectivity index (χ4v) is 1.58. The standard InChI is InChI=1S/C12H15F2N3OS/c1-6(2)17-9(18)5-16-8-4-3-7(12(15)19)10(13)11(8)14/h3-4,6,16H,5H2,1-2H3,(H2,15,19)(H,17,18). The van der Waals surface area contributed by atoms with Crippen LogP contribution in [-0.2, 0) is 4.79 Å². The lowest BCUT2D eigenvalue weighted by Gasteiger charge is -2.12. The lowest BCUT2D eigenvalue weighted by Crippen LogP contribution is -2.35. The van der Waals surface area contributed by atoms with Crippen molar-refractivity contribution < 1.29 is 13.6 Å². The van der Waals surface area contributed by atoms with Crippen LogP contribution in [0.2, 0.25) is 0 Å². The number of nitrogens with one attached hydrogen (secondary N) is 2. The summed E-state index contributed by atoms with van der Waals surface area (Å²) in [5.74, 6) is -2.54. The Bertz CT molecular complexity index is 506. The van der Waals surface area contributed by atoms with Gasteiger partial charge >= 0.3 is 0 Å². The van der Waals surface area contributed by atoms with Gasteiger partial charge in [-0.05, 0) is 26.0 Å². The number of anilines is 1. The molecule has 4 nitrogen and oxygen atoms in total. The summed E-state index contributed by atoms with van der Waals surface area (Å²) in [6, 6.07) is 2.53. The summed E-state index contributed by atoms with van der Waals surface area (Å²) in [7, 11) is 0. The summed E-state index contributed by atoms with van der Waals surface area (Å²) in [5.41, 5.74) is 4.97. The summed E-state index contributed by atoms with van der Waals surface area (Å²) in [6.07, 6.45) is 0. The van der Waals surface area contributed by atoms with Crippen molar-refractivity contribution in [3.63, 3.8) is 0 Å². The van der Waals surface area contributed by atoms with E-state index in [1.165, 1.54) is 12.1 Å². The molecule has 1 rings (SSSR count). The zero-order chi connectivity index (χ0) is 14.6. The van der Waals surface area contributed by atoms with Crippen molar-refractivity contribution in [3.05, 3.63) is 29.3 Å². The molecule has 0 bridgehead atoms. The first-order valence-electron chi connectivity index (χ1n) is 5.64. The predicted octanol–water partition coefficient (Wildman–Crippen LogP) is 1.54. The number of carbonyl (C=O) groups excluding carboxylic acids is 1. The van der Waals surface area contributed by atoms with E-state index in [9.17, 15) is 13.6 Å². The van der Waals surface area contributed by atoms with Gasteiger partial charge in [-0.25, -0.2) is 8.78 Å². The van der Waals surface area contributed by atoms with Crippen LogP contribution in [0.25, 0.3) is 0 Å². The van der Waals surface area contributed by atoms with Gasteiger partial charge in [-0.15, -0.1) is 0 Å². The Morgan fingerprint density at radius 2 is 2.00 bits per heavy atom. The van der Waals surface area contributed by atoms with Gasteiger partial charge in [0.2, 0.25) is 5.91 Å². The van der Waals surface area contributed by atoms with Crippen LogP contribution in [0.3, 0.4) is 0 Å². The SMILES string of the molecule is CC(C)NC(=O)CNc1ccc(C(N)=S)c(F)c1F. The Kier molecular flexibility index (Phi) is 5.17. The third-order valence-corrected chi connectivity index (χ3v) is 2.46. The second kappa shape index (κ2) is 6.42. The van der Waals surface area contributed by atoms with Crippen molar-refractivity contribution in [1.82, 2.24) is 5.32 Å². The Morgan fingerprint density at radius 3 is 2.53 bits per heavy atom. The van der Waals surface area contributed by atoms with Gasteiger partial charge < -0.3 is 16.4 Å². The van der Waals surface area contributed by atoms with Gasteiger partial charge in [0.25, 0.3) is 0 Å². The molecule has 0 aliphatic heterocycles. The summed E-state index contributed by atoms with van der Waals surface area (Å²) in [6.45, 7) is 3.45. The molecule has 7 heteroatoms. The van der Waals surface area contributed by atoms with Crippen molar-refractivity contribution >= 4 is 28.8 Å². The third kappa shape index (κ3) is 4.13. The predicted molar refractivity (Wildman–Crippen MR) is 74.0 cm³/mol. The molecule has 0 saturated heterocycles. The van der Waals surface area contributed by atoms with E-state index in [1.807, 2.05) is 0 Å². The molecule has 0 unspecified atom stereocenters. The lowest BCUT2D eigenvalue weighted by molar-refractivity contribution is -0.119. The summed E-state index contributed by atoms with van der Waals surface area (Å²) >= 11 is 4.59. The number of nitrogens with two attached hydrogens (primary N) is 1. The molecule has 0 aliphatic rings. The fourth-order valence-electron chi connectivity index (χ4n) is 1.42. The van der Waals surface area contributed by atoms with Crippen LogP contribution in [-0.4, -0.2) is 23.5 Å². The van der Waals surface area contributed by atoms with E-state index in [-0.39, 0.29) is 34.7 Å². The first kappa shape index (κ1) is 15.3. The Morgan fingerprint density at radius 1 is 1.37 bits per heavy atom. The zero-order valence-electron chi connectivity index (χ0n) is 10.6. The number of halogens is 2.